The van der Waals surface area contributed by atoms with E-state index in [0.717, 1.165) is 0 Å². The number of hydrogen-bond acceptors (Lipinski definition) is 5. The third-order valence-electron chi connectivity index (χ3n) is 2.09. The molecule has 1 aliphatic rings. The summed E-state index contributed by atoms with van der Waals surface area (Å²) >= 11 is 0. The standard InChI is InChI=1S/C7H13O6/c1-12-6-4(9)3(2-8)13-7(11)5(6)10/h3-10H,2H2,1H3/t3-,4-,5-,6+,7-/m1/s1. The summed E-state index contributed by atoms with van der Waals surface area (Å²) in [7, 11) is 1.27. The Morgan fingerprint density at radius 2 is 2.00 bits per heavy atom. The van der Waals surface area contributed by atoms with E-state index in [9.17, 15) is 15.3 Å². The molecule has 1 saturated heterocycles. The van der Waals surface area contributed by atoms with E-state index in [1.807, 2.05) is 0 Å². The Morgan fingerprint density at radius 3 is 2.46 bits per heavy atom. The summed E-state index contributed by atoms with van der Waals surface area (Å²) in [5, 5.41) is 38.3. The van der Waals surface area contributed by atoms with Crippen LogP contribution in [0.3, 0.4) is 0 Å². The van der Waals surface area contributed by atoms with E-state index in [0.29, 0.717) is 0 Å². The third kappa shape index (κ3) is 1.98. The van der Waals surface area contributed by atoms with Gasteiger partial charge >= 0.3 is 0 Å². The molecule has 5 atom stereocenters. The van der Waals surface area contributed by atoms with Gasteiger partial charge in [0.1, 0.15) is 24.4 Å². The van der Waals surface area contributed by atoms with Gasteiger partial charge in [-0.25, -0.2) is 0 Å². The van der Waals surface area contributed by atoms with E-state index in [4.69, 9.17) is 9.84 Å². The van der Waals surface area contributed by atoms with Crippen molar-refractivity contribution in [2.75, 3.05) is 13.7 Å². The van der Waals surface area contributed by atoms with Crippen molar-refractivity contribution in [1.29, 1.82) is 0 Å². The van der Waals surface area contributed by atoms with Gasteiger partial charge in [-0.15, -0.1) is 0 Å². The summed E-state index contributed by atoms with van der Waals surface area (Å²) in [4.78, 5) is 0. The van der Waals surface area contributed by atoms with Crippen LogP contribution in [-0.2, 0) is 14.6 Å². The lowest BCUT2D eigenvalue weighted by Gasteiger charge is -2.38. The topological polar surface area (TPSA) is 99.1 Å². The monoisotopic (exact) mass is 193 g/mol. The first-order valence-corrected chi connectivity index (χ1v) is 3.93. The molecule has 1 aliphatic heterocycles. The number of hydrogen-bond donors (Lipinski definition) is 3. The van der Waals surface area contributed by atoms with Gasteiger partial charge in [-0.1, -0.05) is 0 Å². The molecule has 3 N–H and O–H groups in total. The first-order valence-electron chi connectivity index (χ1n) is 3.93. The van der Waals surface area contributed by atoms with Crippen molar-refractivity contribution in [2.45, 2.75) is 30.7 Å². The minimum absolute atomic E-state index is 0.480. The molecule has 0 amide bonds. The molecule has 1 rings (SSSR count). The fraction of sp³-hybridized carbons (Fsp3) is 1.00. The highest BCUT2D eigenvalue weighted by molar-refractivity contribution is 4.89. The Balaban J connectivity index is 2.69. The van der Waals surface area contributed by atoms with E-state index in [1.165, 1.54) is 7.11 Å². The Morgan fingerprint density at radius 1 is 1.38 bits per heavy atom. The molecule has 0 aromatic heterocycles. The third-order valence-corrected chi connectivity index (χ3v) is 2.09. The minimum Gasteiger partial charge on any atom is -0.394 e. The molecule has 0 aromatic carbocycles. The summed E-state index contributed by atoms with van der Waals surface area (Å²) in [6.45, 7) is -0.480. The SMILES string of the molecule is CO[C@@H]1[C@@H](O)[C@H]([O])O[C@H](CO)[C@H]1O. The lowest BCUT2D eigenvalue weighted by Crippen LogP contribution is -2.58. The van der Waals surface area contributed by atoms with Gasteiger partial charge in [-0.3, -0.25) is 0 Å². The highest BCUT2D eigenvalue weighted by atomic mass is 16.6. The molecule has 6 nitrogen and oxygen atoms in total. The summed E-state index contributed by atoms with van der Waals surface area (Å²) in [6, 6.07) is 0. The summed E-state index contributed by atoms with van der Waals surface area (Å²) in [6.07, 6.45) is -6.28. The van der Waals surface area contributed by atoms with Crippen molar-refractivity contribution in [3.05, 3.63) is 0 Å². The molecule has 0 saturated carbocycles. The summed E-state index contributed by atoms with van der Waals surface area (Å²) in [5.41, 5.74) is 0. The van der Waals surface area contributed by atoms with Gasteiger partial charge in [0.15, 0.2) is 0 Å². The van der Waals surface area contributed by atoms with Crippen molar-refractivity contribution in [3.8, 4) is 0 Å². The maximum atomic E-state index is 11.0. The van der Waals surface area contributed by atoms with Crippen LogP contribution < -0.4 is 0 Å². The summed E-state index contributed by atoms with van der Waals surface area (Å²) < 4.78 is 9.33. The van der Waals surface area contributed by atoms with Crippen molar-refractivity contribution < 1.29 is 29.9 Å². The predicted molar refractivity (Wildman–Crippen MR) is 39.2 cm³/mol. The van der Waals surface area contributed by atoms with Gasteiger partial charge < -0.3 is 24.8 Å². The molecule has 77 valence electrons. The van der Waals surface area contributed by atoms with E-state index >= 15 is 0 Å². The average molecular weight is 193 g/mol. The Kier molecular flexibility index (Phi) is 3.60. The van der Waals surface area contributed by atoms with Crippen LogP contribution in [0.15, 0.2) is 0 Å². The van der Waals surface area contributed by atoms with Gasteiger partial charge in [0, 0.05) is 7.11 Å². The van der Waals surface area contributed by atoms with Crippen LogP contribution >= 0.6 is 0 Å². The van der Waals surface area contributed by atoms with Crippen molar-refractivity contribution >= 4 is 0 Å². The largest absolute Gasteiger partial charge is 0.394 e. The van der Waals surface area contributed by atoms with Crippen molar-refractivity contribution in [3.63, 3.8) is 0 Å². The highest BCUT2D eigenvalue weighted by Crippen LogP contribution is 2.21. The fourth-order valence-corrected chi connectivity index (χ4v) is 1.33. The molecule has 1 radical (unpaired) electrons. The molecule has 0 aliphatic carbocycles. The number of aliphatic hydroxyl groups excluding tert-OH is 3. The maximum absolute atomic E-state index is 11.0. The van der Waals surface area contributed by atoms with Gasteiger partial charge in [0.2, 0.25) is 6.29 Å². The zero-order valence-corrected chi connectivity index (χ0v) is 7.16. The maximum Gasteiger partial charge on any atom is 0.220 e. The van der Waals surface area contributed by atoms with Crippen LogP contribution in [-0.4, -0.2) is 59.7 Å². The Labute approximate surface area is 75.3 Å². The normalized spacial score (nSPS) is 46.4. The molecule has 0 aromatic rings. The smallest absolute Gasteiger partial charge is 0.220 e. The zero-order chi connectivity index (χ0) is 10.0. The number of aliphatic hydroxyl groups is 3. The highest BCUT2D eigenvalue weighted by Gasteiger charge is 2.44. The van der Waals surface area contributed by atoms with E-state index < -0.39 is 37.3 Å². The Hall–Kier alpha value is -0.240. The second-order valence-corrected chi connectivity index (χ2v) is 2.91. The van der Waals surface area contributed by atoms with E-state index in [2.05, 4.69) is 4.74 Å². The fourth-order valence-electron chi connectivity index (χ4n) is 1.33. The molecule has 13 heavy (non-hydrogen) atoms. The number of methoxy groups -OCH3 is 1. The van der Waals surface area contributed by atoms with Crippen LogP contribution in [0.2, 0.25) is 0 Å². The molecule has 6 heteroatoms. The van der Waals surface area contributed by atoms with Crippen molar-refractivity contribution in [1.82, 2.24) is 0 Å². The predicted octanol–water partition coefficient (Wildman–Crippen LogP) is -2.13. The van der Waals surface area contributed by atoms with Crippen LogP contribution in [0.1, 0.15) is 0 Å². The summed E-state index contributed by atoms with van der Waals surface area (Å²) in [5.74, 6) is 0. The first-order chi connectivity index (χ1) is 6.11. The zero-order valence-electron chi connectivity index (χ0n) is 7.16. The molecule has 1 heterocycles. The molecular weight excluding hydrogens is 180 g/mol. The van der Waals surface area contributed by atoms with Crippen LogP contribution in [0.5, 0.6) is 0 Å². The molecule has 0 spiro atoms. The molecule has 1 fully saturated rings. The van der Waals surface area contributed by atoms with Crippen LogP contribution in [0.4, 0.5) is 0 Å². The second-order valence-electron chi connectivity index (χ2n) is 2.91. The van der Waals surface area contributed by atoms with Gasteiger partial charge in [-0.2, -0.15) is 5.11 Å². The average Bonchev–Trinajstić information content (AvgIpc) is 2.12. The lowest BCUT2D eigenvalue weighted by molar-refractivity contribution is -0.307. The molecule has 0 bridgehead atoms. The van der Waals surface area contributed by atoms with Crippen LogP contribution in [0, 0.1) is 0 Å². The van der Waals surface area contributed by atoms with Gasteiger partial charge in [0.05, 0.1) is 6.61 Å². The van der Waals surface area contributed by atoms with Gasteiger partial charge in [0.25, 0.3) is 0 Å². The van der Waals surface area contributed by atoms with Crippen LogP contribution in [0.25, 0.3) is 0 Å². The molecular formula is C7H13O6. The lowest BCUT2D eigenvalue weighted by atomic mass is 9.99. The first kappa shape index (κ1) is 10.8. The minimum atomic E-state index is -1.69. The Bertz CT molecular complexity index is 163. The van der Waals surface area contributed by atoms with Gasteiger partial charge in [-0.05, 0) is 0 Å². The molecule has 0 unspecified atom stereocenters. The quantitative estimate of drug-likeness (QED) is 0.465. The van der Waals surface area contributed by atoms with Crippen molar-refractivity contribution in [2.24, 2.45) is 0 Å². The van der Waals surface area contributed by atoms with E-state index in [-0.39, 0.29) is 0 Å². The van der Waals surface area contributed by atoms with E-state index in [1.54, 1.807) is 0 Å². The number of ether oxygens (including phenoxy) is 2. The number of rotatable bonds is 2. The second kappa shape index (κ2) is 4.32.